The van der Waals surface area contributed by atoms with E-state index in [0.717, 1.165) is 10.8 Å². The molecule has 2 aromatic carbocycles. The predicted molar refractivity (Wildman–Crippen MR) is 74.0 cm³/mol. The molecule has 0 atom stereocenters. The summed E-state index contributed by atoms with van der Waals surface area (Å²) in [5.41, 5.74) is 0.462. The van der Waals surface area contributed by atoms with E-state index in [1.165, 1.54) is 0 Å². The quantitative estimate of drug-likeness (QED) is 0.564. The van der Waals surface area contributed by atoms with Crippen LogP contribution >= 0.6 is 0 Å². The van der Waals surface area contributed by atoms with Gasteiger partial charge in [-0.3, -0.25) is 0 Å². The molecule has 5 heteroatoms. The molecule has 0 fully saturated rings. The van der Waals surface area contributed by atoms with Crippen molar-refractivity contribution in [2.45, 2.75) is 0 Å². The fourth-order valence-electron chi connectivity index (χ4n) is 1.86. The zero-order valence-electron chi connectivity index (χ0n) is 10.8. The average molecular weight is 315 g/mol. The van der Waals surface area contributed by atoms with E-state index in [1.807, 2.05) is 42.5 Å². The van der Waals surface area contributed by atoms with Gasteiger partial charge >= 0.3 is 0 Å². The van der Waals surface area contributed by atoms with E-state index >= 15 is 0 Å². The van der Waals surface area contributed by atoms with Gasteiger partial charge in [-0.05, 0) is 23.6 Å². The number of hydrogen-bond acceptors (Lipinski definition) is 4. The molecule has 0 spiro atoms. The fourth-order valence-corrected chi connectivity index (χ4v) is 1.86. The molecule has 1 aromatic heterocycles. The molecular weight excluding hydrogens is 304 g/mol. The van der Waals surface area contributed by atoms with E-state index in [-0.39, 0.29) is 25.2 Å². The van der Waals surface area contributed by atoms with Crippen LogP contribution in [0.4, 0.5) is 11.5 Å². The monoisotopic (exact) mass is 313 g/mol. The molecule has 1 heterocycles. The summed E-state index contributed by atoms with van der Waals surface area (Å²) in [6, 6.07) is 16.6. The van der Waals surface area contributed by atoms with Crippen LogP contribution in [0, 0.1) is 0 Å². The summed E-state index contributed by atoms with van der Waals surface area (Å²) >= 11 is 0. The Balaban J connectivity index is 0.00000147. The third-order valence-corrected chi connectivity index (χ3v) is 2.78. The zero-order chi connectivity index (χ0) is 13.1. The predicted octanol–water partition coefficient (Wildman–Crippen LogP) is 4.35. The molecule has 0 aliphatic rings. The molecule has 0 saturated heterocycles. The topological polar surface area (TPSA) is 57.8 Å². The summed E-state index contributed by atoms with van der Waals surface area (Å²) in [7, 11) is 0. The van der Waals surface area contributed by atoms with Crippen molar-refractivity contribution in [3.05, 3.63) is 60.8 Å². The number of aromatic hydroxyl groups is 1. The molecule has 0 aliphatic carbocycles. The Kier molecular flexibility index (Phi) is 4.54. The van der Waals surface area contributed by atoms with E-state index in [1.54, 1.807) is 18.3 Å². The summed E-state index contributed by atoms with van der Waals surface area (Å²) in [6.07, 6.45) is 1.65. The van der Waals surface area contributed by atoms with Gasteiger partial charge in [-0.15, -0.1) is 10.2 Å². The van der Waals surface area contributed by atoms with Crippen molar-refractivity contribution in [2.24, 2.45) is 10.2 Å². The molecule has 20 heavy (non-hydrogen) atoms. The maximum Gasteiger partial charge on any atom is 0.174 e. The van der Waals surface area contributed by atoms with E-state index < -0.39 is 0 Å². The molecule has 94 valence electrons. The van der Waals surface area contributed by atoms with Crippen molar-refractivity contribution in [1.29, 1.82) is 0 Å². The van der Waals surface area contributed by atoms with Crippen LogP contribution in [0.1, 0.15) is 0 Å². The molecule has 0 bridgehead atoms. The standard InChI is InChI=1S/C15H11N3O.Zn/c19-13-9-8-11-5-1-2-6-12(11)15(13)18-17-14-7-3-4-10-16-14;/h1-10,19H;. The number of fused-ring (bicyclic) bond motifs is 1. The summed E-state index contributed by atoms with van der Waals surface area (Å²) in [5, 5.41) is 19.9. The Morgan fingerprint density at radius 2 is 1.65 bits per heavy atom. The molecule has 0 unspecified atom stereocenters. The molecule has 4 nitrogen and oxygen atoms in total. The first kappa shape index (κ1) is 14.3. The van der Waals surface area contributed by atoms with Gasteiger partial charge in [0.1, 0.15) is 11.4 Å². The van der Waals surface area contributed by atoms with E-state index in [9.17, 15) is 5.11 Å². The number of aromatic nitrogens is 1. The Morgan fingerprint density at radius 3 is 2.45 bits per heavy atom. The summed E-state index contributed by atoms with van der Waals surface area (Å²) in [6.45, 7) is 0. The molecule has 1 N–H and O–H groups in total. The van der Waals surface area contributed by atoms with Gasteiger partial charge in [0.2, 0.25) is 0 Å². The number of azo groups is 1. The van der Waals surface area contributed by atoms with Gasteiger partial charge in [0.25, 0.3) is 0 Å². The fraction of sp³-hybridized carbons (Fsp3) is 0. The Bertz CT molecular complexity index is 744. The van der Waals surface area contributed by atoms with E-state index in [4.69, 9.17) is 0 Å². The number of nitrogens with zero attached hydrogens (tertiary/aromatic N) is 3. The third kappa shape index (κ3) is 2.89. The van der Waals surface area contributed by atoms with E-state index in [0.29, 0.717) is 11.5 Å². The number of pyridine rings is 1. The van der Waals surface area contributed by atoms with Crippen molar-refractivity contribution >= 4 is 22.3 Å². The SMILES string of the molecule is Oc1ccc2ccccc2c1N=Nc1ccccn1.[Zn]. The second-order valence-electron chi connectivity index (χ2n) is 4.04. The molecule has 0 radical (unpaired) electrons. The molecule has 0 amide bonds. The van der Waals surface area contributed by atoms with Crippen LogP contribution in [-0.2, 0) is 19.5 Å². The van der Waals surface area contributed by atoms with Crippen LogP contribution in [0.2, 0.25) is 0 Å². The molecule has 0 aliphatic heterocycles. The van der Waals surface area contributed by atoms with Gasteiger partial charge < -0.3 is 5.11 Å². The Morgan fingerprint density at radius 1 is 0.850 bits per heavy atom. The maximum atomic E-state index is 9.91. The minimum Gasteiger partial charge on any atom is -0.506 e. The van der Waals surface area contributed by atoms with Crippen LogP contribution in [0.15, 0.2) is 71.0 Å². The first-order chi connectivity index (χ1) is 9.34. The van der Waals surface area contributed by atoms with Crippen LogP contribution in [0.3, 0.4) is 0 Å². The van der Waals surface area contributed by atoms with Crippen LogP contribution in [0.5, 0.6) is 5.75 Å². The summed E-state index contributed by atoms with van der Waals surface area (Å²) in [4.78, 5) is 4.06. The summed E-state index contributed by atoms with van der Waals surface area (Å²) < 4.78 is 0. The Hall–Kier alpha value is -2.13. The van der Waals surface area contributed by atoms with Crippen molar-refractivity contribution in [3.8, 4) is 5.75 Å². The normalized spacial score (nSPS) is 10.6. The van der Waals surface area contributed by atoms with Gasteiger partial charge in [-0.1, -0.05) is 36.4 Å². The third-order valence-electron chi connectivity index (χ3n) is 2.78. The Labute approximate surface area is 129 Å². The molecule has 0 saturated carbocycles. The van der Waals surface area contributed by atoms with Gasteiger partial charge in [-0.2, -0.15) is 0 Å². The van der Waals surface area contributed by atoms with Gasteiger partial charge in [0, 0.05) is 31.1 Å². The van der Waals surface area contributed by atoms with Crippen molar-refractivity contribution in [1.82, 2.24) is 4.98 Å². The number of benzene rings is 2. The summed E-state index contributed by atoms with van der Waals surface area (Å²) in [5.74, 6) is 0.619. The maximum absolute atomic E-state index is 9.91. The van der Waals surface area contributed by atoms with Crippen molar-refractivity contribution in [2.75, 3.05) is 0 Å². The van der Waals surface area contributed by atoms with Crippen LogP contribution < -0.4 is 0 Å². The van der Waals surface area contributed by atoms with Crippen LogP contribution in [-0.4, -0.2) is 10.1 Å². The van der Waals surface area contributed by atoms with Crippen molar-refractivity contribution in [3.63, 3.8) is 0 Å². The molecule has 3 aromatic rings. The van der Waals surface area contributed by atoms with Gasteiger partial charge in [0.05, 0.1) is 0 Å². The van der Waals surface area contributed by atoms with Gasteiger partial charge in [-0.25, -0.2) is 4.98 Å². The average Bonchev–Trinajstić information content (AvgIpc) is 2.47. The largest absolute Gasteiger partial charge is 0.506 e. The first-order valence-corrected chi connectivity index (χ1v) is 5.88. The number of phenolic OH excluding ortho intramolecular Hbond substituents is 1. The second-order valence-corrected chi connectivity index (χ2v) is 4.04. The zero-order valence-corrected chi connectivity index (χ0v) is 13.7. The second kappa shape index (κ2) is 6.35. The minimum atomic E-state index is 0. The van der Waals surface area contributed by atoms with Crippen LogP contribution in [0.25, 0.3) is 10.8 Å². The number of rotatable bonds is 2. The smallest absolute Gasteiger partial charge is 0.174 e. The van der Waals surface area contributed by atoms with E-state index in [2.05, 4.69) is 15.2 Å². The molecule has 3 rings (SSSR count). The minimum absolute atomic E-state index is 0. The van der Waals surface area contributed by atoms with Crippen molar-refractivity contribution < 1.29 is 24.6 Å². The first-order valence-electron chi connectivity index (χ1n) is 5.88. The number of phenols is 1. The van der Waals surface area contributed by atoms with Gasteiger partial charge in [0.15, 0.2) is 5.82 Å². The number of hydrogen-bond donors (Lipinski definition) is 1. The molecular formula is C15H11N3OZn.